The Bertz CT molecular complexity index is 1060. The van der Waals surface area contributed by atoms with Crippen LogP contribution in [-0.2, 0) is 14.3 Å². The lowest BCUT2D eigenvalue weighted by molar-refractivity contribution is -0.302. The second kappa shape index (κ2) is 40.2. The molecule has 344 valence electrons. The van der Waals surface area contributed by atoms with Crippen LogP contribution in [0.25, 0.3) is 0 Å². The number of hydrogen-bond donors (Lipinski definition) is 6. The molecule has 0 aromatic heterocycles. The molecule has 9 nitrogen and oxygen atoms in total. The summed E-state index contributed by atoms with van der Waals surface area (Å²) in [6.45, 7) is 3.63. The molecule has 1 aliphatic rings. The third kappa shape index (κ3) is 30.8. The van der Waals surface area contributed by atoms with Gasteiger partial charge in [-0.2, -0.15) is 0 Å². The number of hydrogen-bond acceptors (Lipinski definition) is 8. The van der Waals surface area contributed by atoms with E-state index in [0.717, 1.165) is 51.4 Å². The molecule has 1 fully saturated rings. The van der Waals surface area contributed by atoms with Gasteiger partial charge in [0.05, 0.1) is 25.4 Å². The zero-order valence-corrected chi connectivity index (χ0v) is 37.7. The first kappa shape index (κ1) is 55.2. The summed E-state index contributed by atoms with van der Waals surface area (Å²) in [4.78, 5) is 12.9. The van der Waals surface area contributed by atoms with Gasteiger partial charge in [-0.1, -0.05) is 191 Å². The molecule has 6 N–H and O–H groups in total. The molecule has 1 saturated heterocycles. The average molecular weight is 834 g/mol. The molecule has 0 bridgehead atoms. The number of amides is 1. The van der Waals surface area contributed by atoms with Gasteiger partial charge in [0, 0.05) is 6.42 Å². The standard InChI is InChI=1S/C50H91NO8/c1-3-5-7-9-11-12-13-14-15-16-17-18-19-20-21-22-23-24-25-26-27-28-29-30-31-32-34-36-38-40-46(54)51-43(44(53)39-37-35-33-10-8-6-4-2)42-58-50-49(57)48(56)47(55)45(41-52)59-50/h8,10,13-14,16-17,37,39,43-45,47-50,52-53,55-57H,3-7,9,11-12,15,18-36,38,40-42H2,1-2H3,(H,51,54)/b10-8+,14-13-,17-16-,39-37+. The number of carbonyl (C=O) groups is 1. The first-order chi connectivity index (χ1) is 28.8. The Labute approximate surface area is 361 Å². The van der Waals surface area contributed by atoms with Crippen LogP contribution in [0.4, 0.5) is 0 Å². The molecule has 59 heavy (non-hydrogen) atoms. The summed E-state index contributed by atoms with van der Waals surface area (Å²) in [5.41, 5.74) is 0. The van der Waals surface area contributed by atoms with Crippen LogP contribution in [0.3, 0.4) is 0 Å². The number of rotatable bonds is 40. The van der Waals surface area contributed by atoms with E-state index in [1.54, 1.807) is 6.08 Å². The monoisotopic (exact) mass is 834 g/mol. The summed E-state index contributed by atoms with van der Waals surface area (Å²) < 4.78 is 11.1. The van der Waals surface area contributed by atoms with E-state index in [-0.39, 0.29) is 12.5 Å². The van der Waals surface area contributed by atoms with E-state index in [9.17, 15) is 30.3 Å². The van der Waals surface area contributed by atoms with Crippen molar-refractivity contribution in [2.45, 2.75) is 249 Å². The summed E-state index contributed by atoms with van der Waals surface area (Å²) >= 11 is 0. The van der Waals surface area contributed by atoms with E-state index < -0.39 is 49.5 Å². The maximum Gasteiger partial charge on any atom is 0.220 e. The molecule has 9 heteroatoms. The Morgan fingerprint density at radius 3 is 1.58 bits per heavy atom. The highest BCUT2D eigenvalue weighted by Gasteiger charge is 2.44. The molecule has 0 aromatic rings. The topological polar surface area (TPSA) is 149 Å². The number of allylic oxidation sites excluding steroid dienone is 7. The van der Waals surface area contributed by atoms with Crippen molar-refractivity contribution < 1.29 is 39.8 Å². The van der Waals surface area contributed by atoms with E-state index in [4.69, 9.17) is 9.47 Å². The smallest absolute Gasteiger partial charge is 0.220 e. The molecule has 0 aliphatic carbocycles. The first-order valence-corrected chi connectivity index (χ1v) is 24.4. The van der Waals surface area contributed by atoms with Crippen LogP contribution in [0.2, 0.25) is 0 Å². The number of nitrogens with one attached hydrogen (secondary N) is 1. The molecule has 1 aliphatic heterocycles. The van der Waals surface area contributed by atoms with Gasteiger partial charge in [-0.05, 0) is 57.8 Å². The average Bonchev–Trinajstić information content (AvgIpc) is 3.23. The molecule has 7 unspecified atom stereocenters. The predicted octanol–water partition coefficient (Wildman–Crippen LogP) is 10.6. The van der Waals surface area contributed by atoms with Gasteiger partial charge < -0.3 is 40.3 Å². The van der Waals surface area contributed by atoms with E-state index >= 15 is 0 Å². The lowest BCUT2D eigenvalue weighted by atomic mass is 9.99. The molecule has 1 heterocycles. The Morgan fingerprint density at radius 1 is 0.576 bits per heavy atom. The third-order valence-electron chi connectivity index (χ3n) is 11.4. The second-order valence-corrected chi connectivity index (χ2v) is 16.9. The minimum atomic E-state index is -1.57. The van der Waals surface area contributed by atoms with Crippen LogP contribution in [0.15, 0.2) is 48.6 Å². The number of aliphatic hydroxyl groups is 5. The van der Waals surface area contributed by atoms with Gasteiger partial charge in [0.25, 0.3) is 0 Å². The van der Waals surface area contributed by atoms with E-state index in [1.807, 2.05) is 6.08 Å². The van der Waals surface area contributed by atoms with Gasteiger partial charge in [-0.3, -0.25) is 4.79 Å². The number of aliphatic hydroxyl groups excluding tert-OH is 5. The molecule has 0 aromatic carbocycles. The van der Waals surface area contributed by atoms with Crippen molar-refractivity contribution in [3.63, 3.8) is 0 Å². The quantitative estimate of drug-likeness (QED) is 0.0264. The van der Waals surface area contributed by atoms with Crippen LogP contribution in [-0.4, -0.2) is 87.5 Å². The van der Waals surface area contributed by atoms with Gasteiger partial charge in [0.1, 0.15) is 24.4 Å². The minimum Gasteiger partial charge on any atom is -0.394 e. The lowest BCUT2D eigenvalue weighted by Crippen LogP contribution is -2.60. The zero-order chi connectivity index (χ0) is 43.0. The highest BCUT2D eigenvalue weighted by atomic mass is 16.7. The van der Waals surface area contributed by atoms with Gasteiger partial charge >= 0.3 is 0 Å². The van der Waals surface area contributed by atoms with Crippen LogP contribution in [0.1, 0.15) is 206 Å². The molecule has 0 radical (unpaired) electrons. The molecule has 1 amide bonds. The fourth-order valence-electron chi connectivity index (χ4n) is 7.44. The van der Waals surface area contributed by atoms with Crippen molar-refractivity contribution in [1.29, 1.82) is 0 Å². The van der Waals surface area contributed by atoms with E-state index in [0.29, 0.717) is 6.42 Å². The molecule has 0 spiro atoms. The van der Waals surface area contributed by atoms with Gasteiger partial charge in [0.15, 0.2) is 6.29 Å². The molecular formula is C50H91NO8. The zero-order valence-electron chi connectivity index (χ0n) is 37.7. The second-order valence-electron chi connectivity index (χ2n) is 16.9. The fourth-order valence-corrected chi connectivity index (χ4v) is 7.44. The molecular weight excluding hydrogens is 743 g/mol. The van der Waals surface area contributed by atoms with Crippen LogP contribution in [0, 0.1) is 0 Å². The van der Waals surface area contributed by atoms with Crippen molar-refractivity contribution in [2.75, 3.05) is 13.2 Å². The maximum absolute atomic E-state index is 12.9. The summed E-state index contributed by atoms with van der Waals surface area (Å²) in [5.74, 6) is -0.191. The van der Waals surface area contributed by atoms with Crippen LogP contribution >= 0.6 is 0 Å². The molecule has 0 saturated carbocycles. The SMILES string of the molecule is CCC/C=C/CC/C=C/C(O)C(COC1OC(CO)C(O)C(O)C1O)NC(=O)CCCCCCCCCCCCCCCCCCC/C=C\C/C=C\CCCCCCC. The van der Waals surface area contributed by atoms with Crippen LogP contribution in [0.5, 0.6) is 0 Å². The summed E-state index contributed by atoms with van der Waals surface area (Å²) in [7, 11) is 0. The maximum atomic E-state index is 12.9. The Morgan fingerprint density at radius 2 is 1.05 bits per heavy atom. The largest absolute Gasteiger partial charge is 0.394 e. The number of ether oxygens (including phenoxy) is 2. The highest BCUT2D eigenvalue weighted by molar-refractivity contribution is 5.76. The Kier molecular flexibility index (Phi) is 37.6. The lowest BCUT2D eigenvalue weighted by Gasteiger charge is -2.40. The predicted molar refractivity (Wildman–Crippen MR) is 244 cm³/mol. The highest BCUT2D eigenvalue weighted by Crippen LogP contribution is 2.22. The Balaban J connectivity index is 2.11. The van der Waals surface area contributed by atoms with Crippen molar-refractivity contribution in [3.05, 3.63) is 48.6 Å². The van der Waals surface area contributed by atoms with E-state index in [1.165, 1.54) is 135 Å². The van der Waals surface area contributed by atoms with Gasteiger partial charge in [-0.25, -0.2) is 0 Å². The summed E-state index contributed by atoms with van der Waals surface area (Å²) in [6, 6.07) is -0.818. The van der Waals surface area contributed by atoms with Crippen LogP contribution < -0.4 is 5.32 Å². The summed E-state index contributed by atoms with van der Waals surface area (Å²) in [6.07, 6.45) is 45.0. The van der Waals surface area contributed by atoms with Crippen molar-refractivity contribution in [2.24, 2.45) is 0 Å². The van der Waals surface area contributed by atoms with Gasteiger partial charge in [0.2, 0.25) is 5.91 Å². The molecule has 7 atom stereocenters. The normalized spacial score (nSPS) is 21.1. The number of carbonyl (C=O) groups excluding carboxylic acids is 1. The molecule has 1 rings (SSSR count). The van der Waals surface area contributed by atoms with Crippen molar-refractivity contribution in [3.8, 4) is 0 Å². The van der Waals surface area contributed by atoms with Gasteiger partial charge in [-0.15, -0.1) is 0 Å². The summed E-state index contributed by atoms with van der Waals surface area (Å²) in [5, 5.41) is 53.9. The van der Waals surface area contributed by atoms with E-state index in [2.05, 4.69) is 55.6 Å². The fraction of sp³-hybridized carbons (Fsp3) is 0.820. The Hall–Kier alpha value is -1.85. The minimum absolute atomic E-state index is 0.191. The third-order valence-corrected chi connectivity index (χ3v) is 11.4. The van der Waals surface area contributed by atoms with Crippen molar-refractivity contribution in [1.82, 2.24) is 5.32 Å². The van der Waals surface area contributed by atoms with Crippen molar-refractivity contribution >= 4 is 5.91 Å². The first-order valence-electron chi connectivity index (χ1n) is 24.4. The number of unbranched alkanes of at least 4 members (excludes halogenated alkanes) is 24.